The molecule has 4 heteroatoms. The van der Waals surface area contributed by atoms with E-state index >= 15 is 0 Å². The predicted molar refractivity (Wildman–Crippen MR) is 114 cm³/mol. The maximum absolute atomic E-state index is 12.1. The Balaban J connectivity index is 1.80. The Morgan fingerprint density at radius 2 is 2.03 bits per heavy atom. The Bertz CT molecular complexity index is 813. The number of rotatable bonds is 6. The molecule has 0 N–H and O–H groups in total. The van der Waals surface area contributed by atoms with Crippen molar-refractivity contribution < 1.29 is 19.1 Å². The summed E-state index contributed by atoms with van der Waals surface area (Å²) in [7, 11) is 0. The van der Waals surface area contributed by atoms with E-state index in [0.29, 0.717) is 24.0 Å². The van der Waals surface area contributed by atoms with E-state index in [1.165, 1.54) is 11.1 Å². The summed E-state index contributed by atoms with van der Waals surface area (Å²) in [5, 5.41) is 0. The van der Waals surface area contributed by atoms with Crippen LogP contribution in [0.5, 0.6) is 0 Å². The fourth-order valence-electron chi connectivity index (χ4n) is 4.46. The number of carbonyl (C=O) groups excluding carboxylic acids is 2. The third kappa shape index (κ3) is 5.12. The van der Waals surface area contributed by atoms with E-state index in [1.54, 1.807) is 13.0 Å². The van der Waals surface area contributed by atoms with E-state index in [-0.39, 0.29) is 23.9 Å². The van der Waals surface area contributed by atoms with E-state index < -0.39 is 5.79 Å². The number of allylic oxidation sites excluding steroid dienone is 3. The first-order chi connectivity index (χ1) is 13.7. The third-order valence-electron chi connectivity index (χ3n) is 5.92. The fourth-order valence-corrected chi connectivity index (χ4v) is 4.46. The van der Waals surface area contributed by atoms with Gasteiger partial charge in [-0.05, 0) is 69.8 Å². The highest BCUT2D eigenvalue weighted by Gasteiger charge is 2.47. The summed E-state index contributed by atoms with van der Waals surface area (Å²) in [5.74, 6) is -1.16. The molecule has 4 atom stereocenters. The van der Waals surface area contributed by atoms with Crippen molar-refractivity contribution in [1.82, 2.24) is 0 Å². The van der Waals surface area contributed by atoms with Crippen molar-refractivity contribution >= 4 is 12.1 Å². The van der Waals surface area contributed by atoms with E-state index in [9.17, 15) is 9.59 Å². The average Bonchev–Trinajstić information content (AvgIpc) is 2.61. The molecule has 0 aromatic heterocycles. The fraction of sp³-hybridized carbons (Fsp3) is 0.520. The lowest BCUT2D eigenvalue weighted by Gasteiger charge is -2.46. The maximum Gasteiger partial charge on any atom is 0.193 e. The van der Waals surface area contributed by atoms with E-state index in [2.05, 4.69) is 33.1 Å². The van der Waals surface area contributed by atoms with Gasteiger partial charge in [0.25, 0.3) is 0 Å². The van der Waals surface area contributed by atoms with Gasteiger partial charge in [0.15, 0.2) is 11.6 Å². The molecule has 1 fully saturated rings. The standard InChI is InChI=1S/C25H32O4/c1-16(2)7-6-8-17(3)9-21-10-18(4)13-25(28-21)14-20(15-26)22-12-23(27)19(5)11-24(22)29-25/h9,11,14-15,21-22,24H,1,4,6-8,10,12-13H2,2-3,5H3/b17-9+/t21-,22-,24-,25+/m1/s1. The first-order valence-electron chi connectivity index (χ1n) is 10.4. The van der Waals surface area contributed by atoms with Crippen LogP contribution in [0, 0.1) is 5.92 Å². The van der Waals surface area contributed by atoms with Crippen molar-refractivity contribution in [3.8, 4) is 0 Å². The minimum atomic E-state index is -0.997. The van der Waals surface area contributed by atoms with Gasteiger partial charge in [0.1, 0.15) is 6.29 Å². The first kappa shape index (κ1) is 21.7. The second-order valence-corrected chi connectivity index (χ2v) is 8.85. The molecule has 1 aliphatic carbocycles. The van der Waals surface area contributed by atoms with Crippen LogP contribution in [0.4, 0.5) is 0 Å². The highest BCUT2D eigenvalue weighted by molar-refractivity contribution is 5.97. The van der Waals surface area contributed by atoms with Gasteiger partial charge in [-0.15, -0.1) is 6.58 Å². The number of hydrogen-bond acceptors (Lipinski definition) is 4. The SMILES string of the molecule is C=C(C)CCC/C(C)=C/[C@@H]1CC(=C)C[C@]2(C=C(C=O)[C@H]3CC(=O)C(C)=C[C@H]3O2)O1. The lowest BCUT2D eigenvalue weighted by atomic mass is 9.78. The highest BCUT2D eigenvalue weighted by Crippen LogP contribution is 2.44. The molecule has 1 spiro atoms. The van der Waals surface area contributed by atoms with Crippen LogP contribution in [-0.2, 0) is 19.1 Å². The van der Waals surface area contributed by atoms with E-state index in [0.717, 1.165) is 37.5 Å². The molecule has 4 nitrogen and oxygen atoms in total. The third-order valence-corrected chi connectivity index (χ3v) is 5.92. The number of ether oxygens (including phenoxy) is 2. The quantitative estimate of drug-likeness (QED) is 0.459. The van der Waals surface area contributed by atoms with Gasteiger partial charge < -0.3 is 9.47 Å². The van der Waals surface area contributed by atoms with Gasteiger partial charge in [-0.1, -0.05) is 29.4 Å². The second kappa shape index (κ2) is 8.76. The molecule has 1 saturated heterocycles. The number of fused-ring (bicyclic) bond motifs is 1. The number of Topliss-reactive ketones (excluding diaryl/α,β-unsaturated/α-hetero) is 1. The molecule has 0 radical (unpaired) electrons. The highest BCUT2D eigenvalue weighted by atomic mass is 16.7. The van der Waals surface area contributed by atoms with Gasteiger partial charge >= 0.3 is 0 Å². The van der Waals surface area contributed by atoms with Crippen molar-refractivity contribution in [3.63, 3.8) is 0 Å². The Labute approximate surface area is 174 Å². The molecule has 0 bridgehead atoms. The van der Waals surface area contributed by atoms with Crippen LogP contribution < -0.4 is 0 Å². The van der Waals surface area contributed by atoms with Gasteiger partial charge in [-0.3, -0.25) is 9.59 Å². The van der Waals surface area contributed by atoms with Gasteiger partial charge in [-0.25, -0.2) is 0 Å². The van der Waals surface area contributed by atoms with Crippen molar-refractivity contribution in [3.05, 3.63) is 59.3 Å². The molecule has 3 rings (SSSR count). The molecule has 3 aliphatic rings. The molecule has 2 heterocycles. The van der Waals surface area contributed by atoms with Crippen LogP contribution in [0.2, 0.25) is 0 Å². The van der Waals surface area contributed by atoms with Gasteiger partial charge in [0.2, 0.25) is 0 Å². The van der Waals surface area contributed by atoms with Crippen molar-refractivity contribution in [2.45, 2.75) is 77.3 Å². The van der Waals surface area contributed by atoms with Crippen molar-refractivity contribution in [2.75, 3.05) is 0 Å². The van der Waals surface area contributed by atoms with Gasteiger partial charge in [0, 0.05) is 18.8 Å². The minimum Gasteiger partial charge on any atom is -0.338 e. The molecular formula is C25H32O4. The molecule has 0 unspecified atom stereocenters. The topological polar surface area (TPSA) is 52.6 Å². The van der Waals surface area contributed by atoms with Crippen LogP contribution in [0.1, 0.15) is 59.3 Å². The number of hydrogen-bond donors (Lipinski definition) is 0. The zero-order chi connectivity index (χ0) is 21.2. The largest absolute Gasteiger partial charge is 0.338 e. The molecular weight excluding hydrogens is 364 g/mol. The summed E-state index contributed by atoms with van der Waals surface area (Å²) in [4.78, 5) is 23.9. The summed E-state index contributed by atoms with van der Waals surface area (Å²) in [5.41, 5.74) is 4.79. The number of ketones is 1. The molecule has 0 aromatic rings. The van der Waals surface area contributed by atoms with E-state index in [4.69, 9.17) is 9.47 Å². The van der Waals surface area contributed by atoms with Crippen LogP contribution in [0.25, 0.3) is 0 Å². The number of carbonyl (C=O) groups is 2. The van der Waals surface area contributed by atoms with Gasteiger partial charge in [0.05, 0.1) is 12.2 Å². The second-order valence-electron chi connectivity index (χ2n) is 8.85. The zero-order valence-electron chi connectivity index (χ0n) is 17.8. The van der Waals surface area contributed by atoms with Crippen LogP contribution in [0.15, 0.2) is 59.3 Å². The van der Waals surface area contributed by atoms with Crippen molar-refractivity contribution in [1.29, 1.82) is 0 Å². The van der Waals surface area contributed by atoms with Crippen molar-refractivity contribution in [2.24, 2.45) is 5.92 Å². The maximum atomic E-state index is 12.1. The smallest absolute Gasteiger partial charge is 0.193 e. The predicted octanol–water partition coefficient (Wildman–Crippen LogP) is 5.17. The monoisotopic (exact) mass is 396 g/mol. The van der Waals surface area contributed by atoms with Crippen LogP contribution in [-0.4, -0.2) is 30.1 Å². The van der Waals surface area contributed by atoms with Crippen LogP contribution >= 0.6 is 0 Å². The first-order valence-corrected chi connectivity index (χ1v) is 10.4. The summed E-state index contributed by atoms with van der Waals surface area (Å²) in [6.07, 6.45) is 10.8. The lowest BCUT2D eigenvalue weighted by Crippen LogP contribution is -2.50. The molecule has 0 amide bonds. The van der Waals surface area contributed by atoms with Crippen LogP contribution in [0.3, 0.4) is 0 Å². The summed E-state index contributed by atoms with van der Waals surface area (Å²) in [6, 6.07) is 0. The Morgan fingerprint density at radius 3 is 2.72 bits per heavy atom. The minimum absolute atomic E-state index is 0.0683. The lowest BCUT2D eigenvalue weighted by molar-refractivity contribution is -0.256. The summed E-state index contributed by atoms with van der Waals surface area (Å²) < 4.78 is 12.8. The summed E-state index contributed by atoms with van der Waals surface area (Å²) in [6.45, 7) is 14.1. The Hall–Kier alpha value is -2.04. The van der Waals surface area contributed by atoms with Gasteiger partial charge in [-0.2, -0.15) is 0 Å². The average molecular weight is 397 g/mol. The molecule has 0 aromatic carbocycles. The summed E-state index contributed by atoms with van der Waals surface area (Å²) >= 11 is 0. The molecule has 29 heavy (non-hydrogen) atoms. The Kier molecular flexibility index (Phi) is 6.55. The van der Waals surface area contributed by atoms with E-state index in [1.807, 2.05) is 6.08 Å². The molecule has 2 aliphatic heterocycles. The molecule has 0 saturated carbocycles. The Morgan fingerprint density at radius 1 is 1.28 bits per heavy atom. The molecule has 156 valence electrons. The normalized spacial score (nSPS) is 32.5. The zero-order valence-corrected chi connectivity index (χ0v) is 17.8. The number of aldehydes is 1.